The summed E-state index contributed by atoms with van der Waals surface area (Å²) in [5, 5.41) is 11.7. The highest BCUT2D eigenvalue weighted by atomic mass is 79.9. The Kier molecular flexibility index (Phi) is 5.76. The Labute approximate surface area is 175 Å². The van der Waals surface area contributed by atoms with Gasteiger partial charge in [-0.1, -0.05) is 40.9 Å². The first-order valence-corrected chi connectivity index (χ1v) is 9.58. The monoisotopic (exact) mass is 505 g/mol. The molecule has 0 saturated carbocycles. The number of nitrogens with one attached hydrogen (secondary N) is 1. The summed E-state index contributed by atoms with van der Waals surface area (Å²) in [6.45, 7) is -0.759. The molecule has 0 bridgehead atoms. The van der Waals surface area contributed by atoms with Crippen molar-refractivity contribution in [3.63, 3.8) is 0 Å². The zero-order valence-corrected chi connectivity index (χ0v) is 17.2. The Balaban J connectivity index is 2.11. The standard InChI is InChI=1S/C17H11BrCl3F4NO/c18-10-3-8(1-2-13(10)22)14-6-16(7-26(14)27,17(23,24)25)9-4-11(19)15(21)12(20)5-9/h1-5,14,26H,6-7H2. The molecule has 1 saturated heterocycles. The molecule has 10 heteroatoms. The van der Waals surface area contributed by atoms with E-state index in [-0.39, 0.29) is 25.1 Å². The second-order valence-corrected chi connectivity index (χ2v) is 8.45. The van der Waals surface area contributed by atoms with E-state index in [1.54, 1.807) is 0 Å². The third-order valence-electron chi connectivity index (χ3n) is 4.84. The van der Waals surface area contributed by atoms with Gasteiger partial charge in [-0.2, -0.15) is 13.2 Å². The van der Waals surface area contributed by atoms with Crippen molar-refractivity contribution in [1.29, 1.82) is 0 Å². The fourth-order valence-electron chi connectivity index (χ4n) is 3.42. The minimum Gasteiger partial charge on any atom is -0.634 e. The minimum absolute atomic E-state index is 0.0530. The van der Waals surface area contributed by atoms with Crippen LogP contribution in [0.25, 0.3) is 0 Å². The number of quaternary nitrogens is 1. The van der Waals surface area contributed by atoms with E-state index >= 15 is 0 Å². The Morgan fingerprint density at radius 2 is 1.70 bits per heavy atom. The van der Waals surface area contributed by atoms with Gasteiger partial charge < -0.3 is 10.3 Å². The largest absolute Gasteiger partial charge is 0.634 e. The van der Waals surface area contributed by atoms with Crippen molar-refractivity contribution in [2.75, 3.05) is 6.54 Å². The number of alkyl halides is 3. The van der Waals surface area contributed by atoms with E-state index in [4.69, 9.17) is 34.8 Å². The molecule has 1 aliphatic heterocycles. The van der Waals surface area contributed by atoms with Crippen molar-refractivity contribution in [3.8, 4) is 0 Å². The highest BCUT2D eigenvalue weighted by Crippen LogP contribution is 2.50. The molecule has 1 aliphatic rings. The van der Waals surface area contributed by atoms with Crippen molar-refractivity contribution < 1.29 is 22.6 Å². The number of hydrogen-bond acceptors (Lipinski definition) is 1. The lowest BCUT2D eigenvalue weighted by Gasteiger charge is -2.31. The minimum atomic E-state index is -4.73. The molecule has 2 nitrogen and oxygen atoms in total. The van der Waals surface area contributed by atoms with Crippen LogP contribution in [-0.4, -0.2) is 12.7 Å². The molecule has 0 aromatic heterocycles. The van der Waals surface area contributed by atoms with Crippen LogP contribution < -0.4 is 5.06 Å². The fraction of sp³-hybridized carbons (Fsp3) is 0.294. The van der Waals surface area contributed by atoms with Gasteiger partial charge in [0.05, 0.1) is 26.1 Å². The van der Waals surface area contributed by atoms with E-state index in [1.165, 1.54) is 12.1 Å². The normalized spacial score (nSPS) is 25.8. The van der Waals surface area contributed by atoms with Crippen molar-refractivity contribution in [3.05, 3.63) is 72.0 Å². The van der Waals surface area contributed by atoms with Crippen molar-refractivity contribution in [1.82, 2.24) is 0 Å². The molecule has 0 amide bonds. The van der Waals surface area contributed by atoms with E-state index in [1.807, 2.05) is 0 Å². The third-order valence-corrected chi connectivity index (χ3v) is 6.65. The van der Waals surface area contributed by atoms with Gasteiger partial charge in [0.1, 0.15) is 17.3 Å². The van der Waals surface area contributed by atoms with E-state index in [0.29, 0.717) is 5.56 Å². The molecule has 1 heterocycles. The topological polar surface area (TPSA) is 27.5 Å². The maximum Gasteiger partial charge on any atom is 0.404 e. The smallest absolute Gasteiger partial charge is 0.404 e. The second-order valence-electron chi connectivity index (χ2n) is 6.41. The third kappa shape index (κ3) is 3.70. The average Bonchev–Trinajstić information content (AvgIpc) is 2.93. The van der Waals surface area contributed by atoms with Gasteiger partial charge >= 0.3 is 6.18 Å². The zero-order chi connectivity index (χ0) is 20.1. The summed E-state index contributed by atoms with van der Waals surface area (Å²) in [7, 11) is 0. The van der Waals surface area contributed by atoms with Gasteiger partial charge in [-0.25, -0.2) is 4.39 Å². The predicted octanol–water partition coefficient (Wildman–Crippen LogP) is 5.88. The van der Waals surface area contributed by atoms with Crippen LogP contribution in [0, 0.1) is 11.0 Å². The molecule has 0 spiro atoms. The molecule has 0 radical (unpaired) electrons. The molecule has 2 aromatic carbocycles. The van der Waals surface area contributed by atoms with Crippen LogP contribution in [-0.2, 0) is 5.41 Å². The molecule has 1 N–H and O–H groups in total. The molecule has 3 unspecified atom stereocenters. The highest BCUT2D eigenvalue weighted by molar-refractivity contribution is 9.10. The Hall–Kier alpha value is -0.570. The summed E-state index contributed by atoms with van der Waals surface area (Å²) in [5.74, 6) is -0.567. The average molecular weight is 508 g/mol. The van der Waals surface area contributed by atoms with Gasteiger partial charge in [-0.15, -0.1) is 0 Å². The van der Waals surface area contributed by atoms with E-state index in [0.717, 1.165) is 18.2 Å². The lowest BCUT2D eigenvalue weighted by atomic mass is 9.77. The summed E-state index contributed by atoms with van der Waals surface area (Å²) in [5.41, 5.74) is -2.36. The van der Waals surface area contributed by atoms with Gasteiger partial charge in [0.25, 0.3) is 0 Å². The van der Waals surface area contributed by atoms with Crippen LogP contribution in [0.15, 0.2) is 34.8 Å². The summed E-state index contributed by atoms with van der Waals surface area (Å²) in [4.78, 5) is 0. The molecule has 3 atom stereocenters. The van der Waals surface area contributed by atoms with Crippen molar-refractivity contribution >= 4 is 50.7 Å². The quantitative estimate of drug-likeness (QED) is 0.307. The first-order valence-electron chi connectivity index (χ1n) is 7.65. The van der Waals surface area contributed by atoms with Gasteiger partial charge in [-0.05, 0) is 45.8 Å². The lowest BCUT2D eigenvalue weighted by molar-refractivity contribution is -0.870. The summed E-state index contributed by atoms with van der Waals surface area (Å²) in [6.07, 6.45) is -5.25. The maximum atomic E-state index is 14.1. The highest BCUT2D eigenvalue weighted by Gasteiger charge is 2.63. The number of benzene rings is 2. The molecule has 27 heavy (non-hydrogen) atoms. The SMILES string of the molecule is [O-][NH+]1CC(c2cc(Cl)c(Cl)c(Cl)c2)(C(F)(F)F)CC1c1ccc(F)c(Br)c1. The lowest BCUT2D eigenvalue weighted by Crippen LogP contribution is -3.06. The number of hydroxylamine groups is 2. The van der Waals surface area contributed by atoms with Crippen LogP contribution >= 0.6 is 50.7 Å². The first kappa shape index (κ1) is 21.1. The Bertz CT molecular complexity index is 872. The first-order chi connectivity index (χ1) is 12.5. The molecule has 3 rings (SSSR count). The number of hydrogen-bond donors (Lipinski definition) is 1. The van der Waals surface area contributed by atoms with Gasteiger partial charge in [0.2, 0.25) is 0 Å². The predicted molar refractivity (Wildman–Crippen MR) is 99.9 cm³/mol. The molecule has 0 aliphatic carbocycles. The van der Waals surface area contributed by atoms with Crippen LogP contribution in [0.3, 0.4) is 0 Å². The van der Waals surface area contributed by atoms with Crippen LogP contribution in [0.1, 0.15) is 23.6 Å². The van der Waals surface area contributed by atoms with Crippen LogP contribution in [0.5, 0.6) is 0 Å². The second kappa shape index (κ2) is 7.35. The maximum absolute atomic E-state index is 14.1. The Morgan fingerprint density at radius 1 is 1.11 bits per heavy atom. The summed E-state index contributed by atoms with van der Waals surface area (Å²) in [6, 6.07) is 4.91. The molecule has 146 valence electrons. The molecule has 1 fully saturated rings. The molecular weight excluding hydrogens is 496 g/mol. The number of rotatable bonds is 2. The summed E-state index contributed by atoms with van der Waals surface area (Å²) >= 11 is 20.7. The van der Waals surface area contributed by atoms with Crippen molar-refractivity contribution in [2.45, 2.75) is 24.1 Å². The summed E-state index contributed by atoms with van der Waals surface area (Å²) < 4.78 is 55.9. The number of halogens is 8. The van der Waals surface area contributed by atoms with Crippen molar-refractivity contribution in [2.24, 2.45) is 0 Å². The van der Waals surface area contributed by atoms with Crippen LogP contribution in [0.2, 0.25) is 15.1 Å². The molecular formula is C17H11BrCl3F4NO. The van der Waals surface area contributed by atoms with Gasteiger partial charge in [-0.3, -0.25) is 0 Å². The zero-order valence-electron chi connectivity index (χ0n) is 13.3. The van der Waals surface area contributed by atoms with Gasteiger partial charge in [0.15, 0.2) is 0 Å². The van der Waals surface area contributed by atoms with Crippen LogP contribution in [0.4, 0.5) is 17.6 Å². The molecule has 2 aromatic rings. The van der Waals surface area contributed by atoms with Gasteiger partial charge in [0, 0.05) is 12.0 Å². The fourth-order valence-corrected chi connectivity index (χ4v) is 4.41. The van der Waals surface area contributed by atoms with E-state index in [2.05, 4.69) is 15.9 Å². The van der Waals surface area contributed by atoms with E-state index in [9.17, 15) is 22.8 Å². The Morgan fingerprint density at radius 3 is 2.22 bits per heavy atom. The van der Waals surface area contributed by atoms with E-state index < -0.39 is 41.5 Å².